The highest BCUT2D eigenvalue weighted by Crippen LogP contribution is 2.37. The van der Waals surface area contributed by atoms with E-state index in [1.54, 1.807) is 21.1 Å². The van der Waals surface area contributed by atoms with Gasteiger partial charge in [0, 0.05) is 30.9 Å². The van der Waals surface area contributed by atoms with Gasteiger partial charge in [-0.15, -0.1) is 0 Å². The minimum atomic E-state index is -3.67. The number of methoxy groups -OCH3 is 1. The van der Waals surface area contributed by atoms with Crippen molar-refractivity contribution in [1.29, 1.82) is 0 Å². The van der Waals surface area contributed by atoms with Crippen LogP contribution in [0.25, 0.3) is 0 Å². The summed E-state index contributed by atoms with van der Waals surface area (Å²) in [6.45, 7) is 8.12. The molecule has 0 saturated heterocycles. The standard InChI is InChI=1S/C19H27N3O3S/c1-12-9-18(25-6)19(10-13(12)2)26(23,24)22(16-7-8-16)11-17-14(3)20-21(5)15(17)4/h9-10,16H,7-8,11H2,1-6H3. The average molecular weight is 378 g/mol. The zero-order valence-corrected chi connectivity index (χ0v) is 17.1. The summed E-state index contributed by atoms with van der Waals surface area (Å²) in [5.74, 6) is 0.401. The van der Waals surface area contributed by atoms with E-state index >= 15 is 0 Å². The van der Waals surface area contributed by atoms with Gasteiger partial charge in [0.2, 0.25) is 10.0 Å². The maximum atomic E-state index is 13.5. The molecule has 0 aliphatic heterocycles. The van der Waals surface area contributed by atoms with Crippen molar-refractivity contribution in [3.63, 3.8) is 0 Å². The molecule has 7 heteroatoms. The Bertz CT molecular complexity index is 943. The number of sulfonamides is 1. The molecule has 3 rings (SSSR count). The van der Waals surface area contributed by atoms with Crippen LogP contribution in [-0.2, 0) is 23.6 Å². The van der Waals surface area contributed by atoms with Gasteiger partial charge in [-0.1, -0.05) is 0 Å². The molecule has 1 aromatic heterocycles. The van der Waals surface area contributed by atoms with Crippen molar-refractivity contribution < 1.29 is 13.2 Å². The number of aryl methyl sites for hydroxylation is 4. The molecule has 1 saturated carbocycles. The molecule has 1 heterocycles. The van der Waals surface area contributed by atoms with Crippen LogP contribution in [0, 0.1) is 27.7 Å². The summed E-state index contributed by atoms with van der Waals surface area (Å²) in [7, 11) is -0.274. The van der Waals surface area contributed by atoms with Crippen LogP contribution >= 0.6 is 0 Å². The highest BCUT2D eigenvalue weighted by molar-refractivity contribution is 7.89. The average Bonchev–Trinajstić information content (AvgIpc) is 3.37. The summed E-state index contributed by atoms with van der Waals surface area (Å²) in [4.78, 5) is 0.245. The number of aromatic nitrogens is 2. The molecule has 1 aromatic carbocycles. The molecule has 0 spiro atoms. The number of benzene rings is 1. The van der Waals surface area contributed by atoms with E-state index in [-0.39, 0.29) is 10.9 Å². The van der Waals surface area contributed by atoms with Crippen LogP contribution in [0.3, 0.4) is 0 Å². The summed E-state index contributed by atoms with van der Waals surface area (Å²) in [6, 6.07) is 3.57. The maximum absolute atomic E-state index is 13.5. The van der Waals surface area contributed by atoms with Gasteiger partial charge in [0.05, 0.1) is 12.8 Å². The Hall–Kier alpha value is -1.86. The summed E-state index contributed by atoms with van der Waals surface area (Å²) >= 11 is 0. The third-order valence-electron chi connectivity index (χ3n) is 5.29. The highest BCUT2D eigenvalue weighted by Gasteiger charge is 2.40. The summed E-state index contributed by atoms with van der Waals surface area (Å²) in [5.41, 5.74) is 4.80. The first-order valence-corrected chi connectivity index (χ1v) is 10.3. The zero-order valence-electron chi connectivity index (χ0n) is 16.3. The molecule has 0 unspecified atom stereocenters. The van der Waals surface area contributed by atoms with Gasteiger partial charge in [-0.05, 0) is 63.8 Å². The fourth-order valence-electron chi connectivity index (χ4n) is 3.23. The molecule has 0 radical (unpaired) electrons. The summed E-state index contributed by atoms with van der Waals surface area (Å²) in [5, 5.41) is 4.43. The summed E-state index contributed by atoms with van der Waals surface area (Å²) in [6.07, 6.45) is 1.79. The Balaban J connectivity index is 2.07. The van der Waals surface area contributed by atoms with Gasteiger partial charge >= 0.3 is 0 Å². The lowest BCUT2D eigenvalue weighted by Crippen LogP contribution is -2.33. The molecule has 1 aliphatic carbocycles. The molecule has 0 atom stereocenters. The van der Waals surface area contributed by atoms with Gasteiger partial charge in [0.25, 0.3) is 0 Å². The van der Waals surface area contributed by atoms with E-state index in [0.29, 0.717) is 12.3 Å². The van der Waals surface area contributed by atoms with Crippen LogP contribution in [0.2, 0.25) is 0 Å². The quantitative estimate of drug-likeness (QED) is 0.776. The smallest absolute Gasteiger partial charge is 0.247 e. The lowest BCUT2D eigenvalue weighted by Gasteiger charge is -2.24. The highest BCUT2D eigenvalue weighted by atomic mass is 32.2. The van der Waals surface area contributed by atoms with Gasteiger partial charge in [0.15, 0.2) is 0 Å². The molecule has 1 fully saturated rings. The van der Waals surface area contributed by atoms with E-state index in [4.69, 9.17) is 4.74 Å². The van der Waals surface area contributed by atoms with E-state index in [9.17, 15) is 8.42 Å². The molecule has 142 valence electrons. The van der Waals surface area contributed by atoms with E-state index in [1.807, 2.05) is 34.7 Å². The van der Waals surface area contributed by atoms with Crippen molar-refractivity contribution in [2.75, 3.05) is 7.11 Å². The Kier molecular flexibility index (Phi) is 4.88. The summed E-state index contributed by atoms with van der Waals surface area (Å²) < 4.78 is 35.8. The minimum absolute atomic E-state index is 0.0466. The first-order chi connectivity index (χ1) is 12.2. The number of nitrogens with zero attached hydrogens (tertiary/aromatic N) is 3. The van der Waals surface area contributed by atoms with Crippen LogP contribution < -0.4 is 4.74 Å². The van der Waals surface area contributed by atoms with E-state index < -0.39 is 10.0 Å². The van der Waals surface area contributed by atoms with Gasteiger partial charge in [-0.25, -0.2) is 8.42 Å². The minimum Gasteiger partial charge on any atom is -0.495 e. The SMILES string of the molecule is COc1cc(C)c(C)cc1S(=O)(=O)N(Cc1c(C)nn(C)c1C)C1CC1. The van der Waals surface area contributed by atoms with Crippen molar-refractivity contribution in [3.8, 4) is 5.75 Å². The molecule has 0 amide bonds. The lowest BCUT2D eigenvalue weighted by molar-refractivity contribution is 0.380. The van der Waals surface area contributed by atoms with Gasteiger partial charge in [-0.2, -0.15) is 9.40 Å². The van der Waals surface area contributed by atoms with E-state index in [2.05, 4.69) is 5.10 Å². The van der Waals surface area contributed by atoms with Gasteiger partial charge < -0.3 is 4.74 Å². The molecule has 1 aliphatic rings. The molecule has 26 heavy (non-hydrogen) atoms. The number of hydrogen-bond acceptors (Lipinski definition) is 4. The Labute approximate surface area is 155 Å². The van der Waals surface area contributed by atoms with Crippen molar-refractivity contribution >= 4 is 10.0 Å². The van der Waals surface area contributed by atoms with Gasteiger partial charge in [-0.3, -0.25) is 4.68 Å². The number of rotatable bonds is 6. The predicted octanol–water partition coefficient (Wildman–Crippen LogP) is 3.02. The van der Waals surface area contributed by atoms with Crippen molar-refractivity contribution in [1.82, 2.24) is 14.1 Å². The second-order valence-corrected chi connectivity index (χ2v) is 9.00. The second kappa shape index (κ2) is 6.70. The molecule has 6 nitrogen and oxygen atoms in total. The molecular weight excluding hydrogens is 350 g/mol. The maximum Gasteiger partial charge on any atom is 0.247 e. The van der Waals surface area contributed by atoms with Crippen molar-refractivity contribution in [3.05, 3.63) is 40.2 Å². The number of ether oxygens (including phenoxy) is 1. The largest absolute Gasteiger partial charge is 0.495 e. The van der Waals surface area contributed by atoms with E-state index in [1.165, 1.54) is 7.11 Å². The Morgan fingerprint density at radius 2 is 1.81 bits per heavy atom. The van der Waals surface area contributed by atoms with Crippen LogP contribution in [0.5, 0.6) is 5.75 Å². The predicted molar refractivity (Wildman–Crippen MR) is 101 cm³/mol. The third-order valence-corrected chi connectivity index (χ3v) is 7.21. The first-order valence-electron chi connectivity index (χ1n) is 8.83. The van der Waals surface area contributed by atoms with Crippen molar-refractivity contribution in [2.24, 2.45) is 7.05 Å². The second-order valence-electron chi connectivity index (χ2n) is 7.14. The van der Waals surface area contributed by atoms with Crippen LogP contribution in [0.1, 0.15) is 40.9 Å². The van der Waals surface area contributed by atoms with Crippen LogP contribution in [0.15, 0.2) is 17.0 Å². The molecular formula is C19H27N3O3S. The fourth-order valence-corrected chi connectivity index (χ4v) is 5.10. The third kappa shape index (κ3) is 3.25. The lowest BCUT2D eigenvalue weighted by atomic mass is 10.1. The zero-order chi connectivity index (χ0) is 19.2. The Morgan fingerprint density at radius 1 is 1.19 bits per heavy atom. The Morgan fingerprint density at radius 3 is 2.31 bits per heavy atom. The molecule has 0 bridgehead atoms. The molecule has 0 N–H and O–H groups in total. The molecule has 2 aromatic rings. The fraction of sp³-hybridized carbons (Fsp3) is 0.526. The normalized spacial score (nSPS) is 14.9. The van der Waals surface area contributed by atoms with Crippen molar-refractivity contribution in [2.45, 2.75) is 58.0 Å². The number of hydrogen-bond donors (Lipinski definition) is 0. The topological polar surface area (TPSA) is 64.4 Å². The van der Waals surface area contributed by atoms with Gasteiger partial charge in [0.1, 0.15) is 10.6 Å². The van der Waals surface area contributed by atoms with Crippen LogP contribution in [0.4, 0.5) is 0 Å². The monoisotopic (exact) mass is 377 g/mol. The van der Waals surface area contributed by atoms with E-state index in [0.717, 1.165) is 40.9 Å². The first kappa shape index (κ1) is 18.9. The van der Waals surface area contributed by atoms with Crippen LogP contribution in [-0.4, -0.2) is 35.7 Å².